The van der Waals surface area contributed by atoms with Gasteiger partial charge in [0.2, 0.25) is 0 Å². The van der Waals surface area contributed by atoms with Crippen LogP contribution in [0.25, 0.3) is 0 Å². The first-order chi connectivity index (χ1) is 5.88. The first kappa shape index (κ1) is 7.80. The molecule has 0 bridgehead atoms. The molecule has 66 valence electrons. The van der Waals surface area contributed by atoms with Gasteiger partial charge in [0, 0.05) is 6.20 Å². The van der Waals surface area contributed by atoms with E-state index >= 15 is 0 Å². The van der Waals surface area contributed by atoms with E-state index in [2.05, 4.69) is 28.2 Å². The third-order valence-corrected chi connectivity index (χ3v) is 2.65. The molecule has 0 saturated carbocycles. The van der Waals surface area contributed by atoms with E-state index in [4.69, 9.17) is 0 Å². The summed E-state index contributed by atoms with van der Waals surface area (Å²) in [5, 5.41) is 7.03. The highest BCUT2D eigenvalue weighted by molar-refractivity contribution is 5.05. The second-order valence-corrected chi connectivity index (χ2v) is 3.50. The van der Waals surface area contributed by atoms with Crippen LogP contribution >= 0.6 is 0 Å². The molecule has 1 aliphatic heterocycles. The second-order valence-electron chi connectivity index (χ2n) is 3.50. The van der Waals surface area contributed by atoms with Crippen molar-refractivity contribution in [1.29, 1.82) is 0 Å². The van der Waals surface area contributed by atoms with Crippen molar-refractivity contribution in [2.75, 3.05) is 13.6 Å². The summed E-state index contributed by atoms with van der Waals surface area (Å²) >= 11 is 0. The number of H-pyrrole nitrogens is 1. The van der Waals surface area contributed by atoms with Crippen LogP contribution in [0.2, 0.25) is 0 Å². The van der Waals surface area contributed by atoms with Crippen molar-refractivity contribution < 1.29 is 0 Å². The third-order valence-electron chi connectivity index (χ3n) is 2.65. The molecule has 1 saturated heterocycles. The summed E-state index contributed by atoms with van der Waals surface area (Å²) in [6.07, 6.45) is 5.77. The van der Waals surface area contributed by atoms with Crippen LogP contribution in [0.15, 0.2) is 12.3 Å². The van der Waals surface area contributed by atoms with E-state index in [0.717, 1.165) is 0 Å². The topological polar surface area (TPSA) is 31.9 Å². The quantitative estimate of drug-likeness (QED) is 0.685. The van der Waals surface area contributed by atoms with E-state index in [-0.39, 0.29) is 0 Å². The van der Waals surface area contributed by atoms with Crippen molar-refractivity contribution >= 4 is 0 Å². The predicted molar refractivity (Wildman–Crippen MR) is 47.8 cm³/mol. The lowest BCUT2D eigenvalue weighted by atomic mass is 10.0. The smallest absolute Gasteiger partial charge is 0.0523 e. The van der Waals surface area contributed by atoms with Crippen molar-refractivity contribution in [3.05, 3.63) is 18.0 Å². The summed E-state index contributed by atoms with van der Waals surface area (Å²) in [5.74, 6) is 0. The molecular formula is C9H15N3. The van der Waals surface area contributed by atoms with Crippen LogP contribution in [-0.2, 0) is 0 Å². The summed E-state index contributed by atoms with van der Waals surface area (Å²) < 4.78 is 0. The minimum absolute atomic E-state index is 0.571. The lowest BCUT2D eigenvalue weighted by Gasteiger charge is -2.31. The number of rotatable bonds is 1. The normalized spacial score (nSPS) is 25.9. The standard InChI is InChI=1S/C9H15N3/c1-12-7-3-2-4-9(12)8-5-6-10-11-8/h5-6,9H,2-4,7H2,1H3,(H,10,11). The molecule has 1 N–H and O–H groups in total. The van der Waals surface area contributed by atoms with Gasteiger partial charge >= 0.3 is 0 Å². The van der Waals surface area contributed by atoms with Crippen molar-refractivity contribution in [3.63, 3.8) is 0 Å². The van der Waals surface area contributed by atoms with Gasteiger partial charge in [0.05, 0.1) is 11.7 Å². The first-order valence-electron chi connectivity index (χ1n) is 4.57. The molecular weight excluding hydrogens is 150 g/mol. The second kappa shape index (κ2) is 3.27. The number of hydrogen-bond donors (Lipinski definition) is 1. The van der Waals surface area contributed by atoms with E-state index < -0.39 is 0 Å². The maximum absolute atomic E-state index is 3.98. The number of piperidine rings is 1. The fraction of sp³-hybridized carbons (Fsp3) is 0.667. The summed E-state index contributed by atoms with van der Waals surface area (Å²) in [6.45, 7) is 1.21. The maximum atomic E-state index is 3.98. The van der Waals surface area contributed by atoms with Gasteiger partial charge in [-0.2, -0.15) is 5.10 Å². The van der Waals surface area contributed by atoms with Crippen molar-refractivity contribution in [3.8, 4) is 0 Å². The van der Waals surface area contributed by atoms with Crippen molar-refractivity contribution in [2.45, 2.75) is 25.3 Å². The van der Waals surface area contributed by atoms with Gasteiger partial charge in [-0.15, -0.1) is 0 Å². The van der Waals surface area contributed by atoms with Crippen LogP contribution in [0, 0.1) is 0 Å². The average Bonchev–Trinajstić information content (AvgIpc) is 2.57. The Morgan fingerprint density at radius 2 is 2.50 bits per heavy atom. The Morgan fingerprint density at radius 1 is 1.58 bits per heavy atom. The molecule has 0 radical (unpaired) electrons. The van der Waals surface area contributed by atoms with Gasteiger partial charge in [0.1, 0.15) is 0 Å². The Balaban J connectivity index is 2.11. The van der Waals surface area contributed by atoms with Crippen LogP contribution < -0.4 is 0 Å². The number of aromatic amines is 1. The van der Waals surface area contributed by atoms with Crippen LogP contribution in [0.1, 0.15) is 31.0 Å². The summed E-state index contributed by atoms with van der Waals surface area (Å²) in [5.41, 5.74) is 1.26. The predicted octanol–water partition coefficient (Wildman–Crippen LogP) is 1.57. The highest BCUT2D eigenvalue weighted by Gasteiger charge is 2.20. The molecule has 1 aliphatic rings. The molecule has 0 aliphatic carbocycles. The summed E-state index contributed by atoms with van der Waals surface area (Å²) in [7, 11) is 2.19. The van der Waals surface area contributed by atoms with Crippen LogP contribution in [0.5, 0.6) is 0 Å². The number of hydrogen-bond acceptors (Lipinski definition) is 2. The Morgan fingerprint density at radius 3 is 3.17 bits per heavy atom. The van der Waals surface area contributed by atoms with Gasteiger partial charge in [-0.05, 0) is 32.5 Å². The van der Waals surface area contributed by atoms with Gasteiger partial charge in [-0.1, -0.05) is 6.42 Å². The van der Waals surface area contributed by atoms with E-state index in [9.17, 15) is 0 Å². The zero-order valence-electron chi connectivity index (χ0n) is 7.45. The SMILES string of the molecule is CN1CCCCC1c1ccn[nH]1. The molecule has 2 heterocycles. The summed E-state index contributed by atoms with van der Waals surface area (Å²) in [6, 6.07) is 2.65. The zero-order valence-corrected chi connectivity index (χ0v) is 7.45. The molecule has 0 amide bonds. The maximum Gasteiger partial charge on any atom is 0.0523 e. The lowest BCUT2D eigenvalue weighted by molar-refractivity contribution is 0.183. The van der Waals surface area contributed by atoms with E-state index in [1.807, 2.05) is 6.20 Å². The van der Waals surface area contributed by atoms with Crippen LogP contribution in [0.3, 0.4) is 0 Å². The molecule has 0 aromatic carbocycles. The molecule has 2 rings (SSSR count). The molecule has 1 unspecified atom stereocenters. The molecule has 1 fully saturated rings. The Kier molecular flexibility index (Phi) is 2.13. The molecule has 1 aromatic rings. The van der Waals surface area contributed by atoms with Gasteiger partial charge < -0.3 is 0 Å². The fourth-order valence-corrected chi connectivity index (χ4v) is 1.92. The molecule has 3 nitrogen and oxygen atoms in total. The van der Waals surface area contributed by atoms with Crippen LogP contribution in [-0.4, -0.2) is 28.7 Å². The van der Waals surface area contributed by atoms with Crippen LogP contribution in [0.4, 0.5) is 0 Å². The molecule has 1 atom stereocenters. The van der Waals surface area contributed by atoms with Crippen molar-refractivity contribution in [2.24, 2.45) is 0 Å². The van der Waals surface area contributed by atoms with E-state index in [1.54, 1.807) is 0 Å². The van der Waals surface area contributed by atoms with E-state index in [0.29, 0.717) is 6.04 Å². The highest BCUT2D eigenvalue weighted by Crippen LogP contribution is 2.27. The summed E-state index contributed by atoms with van der Waals surface area (Å²) in [4.78, 5) is 2.40. The number of likely N-dealkylation sites (tertiary alicyclic amines) is 1. The Labute approximate surface area is 72.8 Å². The minimum Gasteiger partial charge on any atom is -0.298 e. The lowest BCUT2D eigenvalue weighted by Crippen LogP contribution is -2.29. The largest absolute Gasteiger partial charge is 0.298 e. The Bertz CT molecular complexity index is 230. The zero-order chi connectivity index (χ0) is 8.39. The first-order valence-corrected chi connectivity index (χ1v) is 4.57. The number of nitrogens with zero attached hydrogens (tertiary/aromatic N) is 2. The van der Waals surface area contributed by atoms with E-state index in [1.165, 1.54) is 31.5 Å². The number of aromatic nitrogens is 2. The molecule has 12 heavy (non-hydrogen) atoms. The number of nitrogens with one attached hydrogen (secondary N) is 1. The molecule has 3 heteroatoms. The van der Waals surface area contributed by atoms with Gasteiger partial charge in [0.25, 0.3) is 0 Å². The fourth-order valence-electron chi connectivity index (χ4n) is 1.92. The monoisotopic (exact) mass is 165 g/mol. The molecule has 1 aromatic heterocycles. The average molecular weight is 165 g/mol. The molecule has 0 spiro atoms. The Hall–Kier alpha value is -0.830. The highest BCUT2D eigenvalue weighted by atomic mass is 15.2. The van der Waals surface area contributed by atoms with Gasteiger partial charge in [-0.25, -0.2) is 0 Å². The van der Waals surface area contributed by atoms with Gasteiger partial charge in [-0.3, -0.25) is 10.00 Å². The third kappa shape index (κ3) is 1.37. The minimum atomic E-state index is 0.571. The van der Waals surface area contributed by atoms with Crippen molar-refractivity contribution in [1.82, 2.24) is 15.1 Å². The van der Waals surface area contributed by atoms with Gasteiger partial charge in [0.15, 0.2) is 0 Å².